The van der Waals surface area contributed by atoms with E-state index in [1.807, 2.05) is 0 Å². The summed E-state index contributed by atoms with van der Waals surface area (Å²) < 4.78 is 10.2. The first-order valence-corrected chi connectivity index (χ1v) is 7.22. The smallest absolute Gasteiger partial charge is 0.0348 e. The van der Waals surface area contributed by atoms with Crippen molar-refractivity contribution in [1.29, 1.82) is 4.78 Å². The van der Waals surface area contributed by atoms with Crippen LogP contribution in [0.1, 0.15) is 0 Å². The Morgan fingerprint density at radius 3 is 2.38 bits per heavy atom. The minimum Gasteiger partial charge on any atom is -0.262 e. The highest BCUT2D eigenvalue weighted by Gasteiger charge is 2.32. The van der Waals surface area contributed by atoms with Gasteiger partial charge in [0, 0.05) is 29.7 Å². The summed E-state index contributed by atoms with van der Waals surface area (Å²) in [5, 5.41) is 0. The molecule has 1 saturated heterocycles. The second-order valence-electron chi connectivity index (χ2n) is 1.58. The molecule has 1 heterocycles. The van der Waals surface area contributed by atoms with E-state index < -0.39 is 6.42 Å². The van der Waals surface area contributed by atoms with E-state index in [9.17, 15) is 0 Å². The summed E-state index contributed by atoms with van der Waals surface area (Å²) in [7, 11) is 12.5. The van der Waals surface area contributed by atoms with Gasteiger partial charge in [-0.1, -0.05) is 0 Å². The van der Waals surface area contributed by atoms with Crippen molar-refractivity contribution >= 4 is 38.8 Å². The Hall–Kier alpha value is 1.04. The van der Waals surface area contributed by atoms with Crippen LogP contribution < -0.4 is 4.72 Å². The Balaban J connectivity index is 2.83. The van der Waals surface area contributed by atoms with E-state index in [0.717, 1.165) is 17.5 Å². The van der Waals surface area contributed by atoms with Crippen molar-refractivity contribution < 1.29 is 0 Å². The Morgan fingerprint density at radius 1 is 1.62 bits per heavy atom. The molecule has 6 heteroatoms. The maximum Gasteiger partial charge on any atom is 0.0348 e. The Labute approximate surface area is 60.7 Å². The molecular formula is C2H6Cl2N2S2. The molecule has 0 amide bonds. The van der Waals surface area contributed by atoms with Gasteiger partial charge in [0.25, 0.3) is 0 Å². The van der Waals surface area contributed by atoms with Gasteiger partial charge < -0.3 is 0 Å². The lowest BCUT2D eigenvalue weighted by Gasteiger charge is -2.21. The molecular weight excluding hydrogens is 187 g/mol. The van der Waals surface area contributed by atoms with Crippen LogP contribution in [0.3, 0.4) is 0 Å². The second kappa shape index (κ2) is 1.76. The molecule has 0 aliphatic carbocycles. The molecule has 2 N–H and O–H groups in total. The average Bonchev–Trinajstić information content (AvgIpc) is 1.81. The predicted octanol–water partition coefficient (Wildman–Crippen LogP) is 1.91. The first-order valence-electron chi connectivity index (χ1n) is 2.03. The van der Waals surface area contributed by atoms with Gasteiger partial charge in [0.05, 0.1) is 0 Å². The molecule has 0 atom stereocenters. The van der Waals surface area contributed by atoms with Gasteiger partial charge in [-0.2, -0.15) is 0 Å². The van der Waals surface area contributed by atoms with E-state index in [-0.39, 0.29) is 0 Å². The SMILES string of the molecule is N=S1(Cl)(Cl)CCNS1. The van der Waals surface area contributed by atoms with Crippen LogP contribution in [0.4, 0.5) is 0 Å². The maximum atomic E-state index is 7.38. The summed E-state index contributed by atoms with van der Waals surface area (Å²) in [6.07, 6.45) is -2.77. The molecule has 0 radical (unpaired) electrons. The molecule has 1 fully saturated rings. The monoisotopic (exact) mass is 192 g/mol. The van der Waals surface area contributed by atoms with Crippen molar-refractivity contribution in [3.8, 4) is 0 Å². The highest BCUT2D eigenvalue weighted by atomic mass is 36.0. The molecule has 8 heavy (non-hydrogen) atoms. The zero-order chi connectivity index (χ0) is 6.28. The Morgan fingerprint density at radius 2 is 2.25 bits per heavy atom. The molecule has 2 nitrogen and oxygen atoms in total. The summed E-state index contributed by atoms with van der Waals surface area (Å²) in [5.41, 5.74) is 0. The quantitative estimate of drug-likeness (QED) is 0.455. The van der Waals surface area contributed by atoms with Gasteiger partial charge in [-0.05, 0) is 21.4 Å². The number of halogens is 2. The largest absolute Gasteiger partial charge is 0.262 e. The van der Waals surface area contributed by atoms with Crippen LogP contribution in [-0.4, -0.2) is 12.3 Å². The third-order valence-electron chi connectivity index (χ3n) is 0.766. The number of nitrogens with one attached hydrogen (secondary N) is 2. The second-order valence-corrected chi connectivity index (χ2v) is 12.6. The summed E-state index contributed by atoms with van der Waals surface area (Å²) in [6.45, 7) is 0.753. The zero-order valence-corrected chi connectivity index (χ0v) is 7.13. The summed E-state index contributed by atoms with van der Waals surface area (Å²) in [6, 6.07) is 0. The van der Waals surface area contributed by atoms with Crippen LogP contribution in [0, 0.1) is 4.78 Å². The van der Waals surface area contributed by atoms with E-state index in [0.29, 0.717) is 5.75 Å². The van der Waals surface area contributed by atoms with Gasteiger partial charge in [0.2, 0.25) is 0 Å². The summed E-state index contributed by atoms with van der Waals surface area (Å²) >= 11 is 0. The van der Waals surface area contributed by atoms with E-state index in [1.54, 1.807) is 0 Å². The zero-order valence-electron chi connectivity index (χ0n) is 3.99. The molecule has 50 valence electrons. The van der Waals surface area contributed by atoms with Crippen LogP contribution >= 0.6 is 32.3 Å². The third kappa shape index (κ3) is 1.77. The summed E-state index contributed by atoms with van der Waals surface area (Å²) in [5.74, 6) is 0.574. The van der Waals surface area contributed by atoms with Crippen molar-refractivity contribution in [2.75, 3.05) is 12.3 Å². The van der Waals surface area contributed by atoms with Crippen LogP contribution in [0.25, 0.3) is 0 Å². The average molecular weight is 193 g/mol. The van der Waals surface area contributed by atoms with Gasteiger partial charge in [-0.25, -0.2) is 0 Å². The fraction of sp³-hybridized carbons (Fsp3) is 1.00. The van der Waals surface area contributed by atoms with E-state index in [2.05, 4.69) is 4.72 Å². The van der Waals surface area contributed by atoms with Crippen molar-refractivity contribution in [3.63, 3.8) is 0 Å². The number of hydrogen-bond acceptors (Lipinski definition) is 3. The first kappa shape index (κ1) is 7.15. The summed E-state index contributed by atoms with van der Waals surface area (Å²) in [4.78, 5) is 0. The lowest BCUT2D eigenvalue weighted by Crippen LogP contribution is -2.07. The molecule has 0 aromatic heterocycles. The van der Waals surface area contributed by atoms with Crippen LogP contribution in [-0.2, 0) is 6.42 Å². The lowest BCUT2D eigenvalue weighted by molar-refractivity contribution is 1.07. The van der Waals surface area contributed by atoms with Gasteiger partial charge in [-0.15, -0.1) is 0 Å². The van der Waals surface area contributed by atoms with Crippen LogP contribution in [0.5, 0.6) is 0 Å². The van der Waals surface area contributed by atoms with E-state index >= 15 is 0 Å². The molecule has 0 unspecified atom stereocenters. The topological polar surface area (TPSA) is 35.9 Å². The normalized spacial score (nSPS) is 38.0. The van der Waals surface area contributed by atoms with E-state index in [4.69, 9.17) is 26.1 Å². The standard InChI is InChI=1S/C2H6Cl2N2S2/c3-8(4,5)2-1-6-7-8/h5-6H,1-2H2. The van der Waals surface area contributed by atoms with Gasteiger partial charge in [0.1, 0.15) is 0 Å². The Bertz CT molecular complexity index is 149. The van der Waals surface area contributed by atoms with Crippen molar-refractivity contribution in [2.24, 2.45) is 0 Å². The third-order valence-corrected chi connectivity index (χ3v) is 6.19. The van der Waals surface area contributed by atoms with E-state index in [1.165, 1.54) is 0 Å². The molecule has 0 spiro atoms. The maximum absolute atomic E-state index is 7.38. The molecule has 1 aliphatic rings. The van der Waals surface area contributed by atoms with Crippen LogP contribution in [0.2, 0.25) is 0 Å². The minimum absolute atomic E-state index is 0.574. The fourth-order valence-electron chi connectivity index (χ4n) is 0.411. The number of rotatable bonds is 0. The molecule has 0 bridgehead atoms. The molecule has 0 saturated carbocycles. The molecule has 1 aliphatic heterocycles. The number of hydrogen-bond donors (Lipinski definition) is 2. The predicted molar refractivity (Wildman–Crippen MR) is 42.3 cm³/mol. The van der Waals surface area contributed by atoms with Gasteiger partial charge >= 0.3 is 0 Å². The van der Waals surface area contributed by atoms with Crippen molar-refractivity contribution in [3.05, 3.63) is 0 Å². The highest BCUT2D eigenvalue weighted by molar-refractivity contribution is 9.02. The van der Waals surface area contributed by atoms with Gasteiger partial charge in [-0.3, -0.25) is 9.50 Å². The molecule has 0 aromatic rings. The minimum atomic E-state index is -2.77. The van der Waals surface area contributed by atoms with Crippen molar-refractivity contribution in [2.45, 2.75) is 0 Å². The fourth-order valence-corrected chi connectivity index (χ4v) is 4.19. The molecule has 1 rings (SSSR count). The first-order chi connectivity index (χ1) is 3.47. The van der Waals surface area contributed by atoms with Crippen LogP contribution in [0.15, 0.2) is 0 Å². The van der Waals surface area contributed by atoms with Gasteiger partial charge in [0.15, 0.2) is 0 Å². The highest BCUT2D eigenvalue weighted by Crippen LogP contribution is 2.50. The Kier molecular flexibility index (Phi) is 1.57. The lowest BCUT2D eigenvalue weighted by atomic mass is 10.8. The van der Waals surface area contributed by atoms with Crippen molar-refractivity contribution in [1.82, 2.24) is 4.72 Å². The molecule has 0 aromatic carbocycles.